The monoisotopic (exact) mass is 438 g/mol. The molecule has 0 saturated heterocycles. The summed E-state index contributed by atoms with van der Waals surface area (Å²) in [6.45, 7) is 1.66. The summed E-state index contributed by atoms with van der Waals surface area (Å²) in [7, 11) is 1.56. The van der Waals surface area contributed by atoms with Gasteiger partial charge in [-0.15, -0.1) is 0 Å². The normalized spacial score (nSPS) is 10.8. The SMILES string of the molecule is CCNC(=O)CN(c1cc(OC)ccc1OC)S(=O)(=O)c1ccc(OC)c(OC)c1. The molecule has 0 fully saturated rings. The van der Waals surface area contributed by atoms with Crippen LogP contribution in [0.3, 0.4) is 0 Å². The second-order valence-corrected chi connectivity index (χ2v) is 7.88. The number of likely N-dealkylation sites (N-methyl/N-ethyl adjacent to an activating group) is 1. The number of methoxy groups -OCH3 is 4. The first-order chi connectivity index (χ1) is 14.3. The summed E-state index contributed by atoms with van der Waals surface area (Å²) in [5.74, 6) is 0.838. The maximum atomic E-state index is 13.6. The lowest BCUT2D eigenvalue weighted by atomic mass is 10.2. The Labute approximate surface area is 176 Å². The minimum atomic E-state index is -4.18. The third-order valence-electron chi connectivity index (χ3n) is 4.26. The lowest BCUT2D eigenvalue weighted by Crippen LogP contribution is -2.41. The molecular weight excluding hydrogens is 412 g/mol. The lowest BCUT2D eigenvalue weighted by Gasteiger charge is -2.26. The number of carbonyl (C=O) groups excluding carboxylic acids is 1. The first kappa shape index (κ1) is 23.1. The van der Waals surface area contributed by atoms with E-state index in [1.165, 1.54) is 52.7 Å². The molecule has 0 aliphatic rings. The Hall–Kier alpha value is -3.14. The van der Waals surface area contributed by atoms with E-state index < -0.39 is 22.5 Å². The Morgan fingerprint density at radius 2 is 1.53 bits per heavy atom. The van der Waals surface area contributed by atoms with Crippen LogP contribution in [0.15, 0.2) is 41.3 Å². The van der Waals surface area contributed by atoms with Gasteiger partial charge in [0.15, 0.2) is 11.5 Å². The molecule has 0 saturated carbocycles. The van der Waals surface area contributed by atoms with Gasteiger partial charge < -0.3 is 24.3 Å². The number of amides is 1. The molecule has 0 aliphatic heterocycles. The number of carbonyl (C=O) groups is 1. The van der Waals surface area contributed by atoms with Crippen LogP contribution in [0.25, 0.3) is 0 Å². The highest BCUT2D eigenvalue weighted by Gasteiger charge is 2.30. The zero-order chi connectivity index (χ0) is 22.3. The summed E-state index contributed by atoms with van der Waals surface area (Å²) in [5.41, 5.74) is 0.165. The average Bonchev–Trinajstić information content (AvgIpc) is 2.76. The Kier molecular flexibility index (Phi) is 7.76. The van der Waals surface area contributed by atoms with Crippen molar-refractivity contribution in [1.29, 1.82) is 0 Å². The highest BCUT2D eigenvalue weighted by molar-refractivity contribution is 7.92. The largest absolute Gasteiger partial charge is 0.497 e. The quantitative estimate of drug-likeness (QED) is 0.605. The predicted molar refractivity (Wildman–Crippen MR) is 112 cm³/mol. The maximum absolute atomic E-state index is 13.6. The number of nitrogens with zero attached hydrogens (tertiary/aromatic N) is 1. The minimum absolute atomic E-state index is 0.0747. The summed E-state index contributed by atoms with van der Waals surface area (Å²) in [6.07, 6.45) is 0. The molecule has 9 nitrogen and oxygen atoms in total. The van der Waals surface area contributed by atoms with Gasteiger partial charge in [0, 0.05) is 18.7 Å². The van der Waals surface area contributed by atoms with Crippen molar-refractivity contribution in [3.8, 4) is 23.0 Å². The third-order valence-corrected chi connectivity index (χ3v) is 6.01. The molecule has 0 radical (unpaired) electrons. The van der Waals surface area contributed by atoms with Crippen LogP contribution in [-0.2, 0) is 14.8 Å². The van der Waals surface area contributed by atoms with Crippen molar-refractivity contribution >= 4 is 21.6 Å². The molecule has 164 valence electrons. The maximum Gasteiger partial charge on any atom is 0.265 e. The van der Waals surface area contributed by atoms with Crippen molar-refractivity contribution in [3.05, 3.63) is 36.4 Å². The highest BCUT2D eigenvalue weighted by Crippen LogP contribution is 2.37. The van der Waals surface area contributed by atoms with Crippen LogP contribution in [-0.4, -0.2) is 55.9 Å². The smallest absolute Gasteiger partial charge is 0.265 e. The van der Waals surface area contributed by atoms with E-state index in [2.05, 4.69) is 5.32 Å². The van der Waals surface area contributed by atoms with Crippen molar-refractivity contribution in [2.24, 2.45) is 0 Å². The van der Waals surface area contributed by atoms with Gasteiger partial charge in [0.05, 0.1) is 39.0 Å². The number of benzene rings is 2. The third kappa shape index (κ3) is 4.88. The molecule has 0 spiro atoms. The molecule has 2 aromatic rings. The van der Waals surface area contributed by atoms with Gasteiger partial charge in [-0.2, -0.15) is 0 Å². The molecule has 0 atom stereocenters. The molecule has 0 aromatic heterocycles. The number of rotatable bonds is 10. The van der Waals surface area contributed by atoms with Gasteiger partial charge in [-0.05, 0) is 31.2 Å². The van der Waals surface area contributed by atoms with Crippen molar-refractivity contribution in [1.82, 2.24) is 5.32 Å². The van der Waals surface area contributed by atoms with Crippen molar-refractivity contribution in [2.45, 2.75) is 11.8 Å². The Balaban J connectivity index is 2.66. The van der Waals surface area contributed by atoms with Crippen LogP contribution in [0.2, 0.25) is 0 Å². The highest BCUT2D eigenvalue weighted by atomic mass is 32.2. The van der Waals surface area contributed by atoms with E-state index in [9.17, 15) is 13.2 Å². The van der Waals surface area contributed by atoms with Gasteiger partial charge in [0.1, 0.15) is 18.0 Å². The molecule has 1 N–H and O–H groups in total. The van der Waals surface area contributed by atoms with Crippen LogP contribution in [0.1, 0.15) is 6.92 Å². The molecule has 0 bridgehead atoms. The molecule has 0 aliphatic carbocycles. The van der Waals surface area contributed by atoms with E-state index in [4.69, 9.17) is 18.9 Å². The summed E-state index contributed by atoms with van der Waals surface area (Å²) >= 11 is 0. The van der Waals surface area contributed by atoms with Gasteiger partial charge >= 0.3 is 0 Å². The Morgan fingerprint density at radius 1 is 0.900 bits per heavy atom. The molecule has 2 rings (SSSR count). The Bertz CT molecular complexity index is 993. The number of ether oxygens (including phenoxy) is 4. The van der Waals surface area contributed by atoms with E-state index in [0.29, 0.717) is 18.0 Å². The Morgan fingerprint density at radius 3 is 2.10 bits per heavy atom. The molecular formula is C20H26N2O7S. The van der Waals surface area contributed by atoms with Crippen molar-refractivity contribution < 1.29 is 32.2 Å². The topological polar surface area (TPSA) is 103 Å². The van der Waals surface area contributed by atoms with Gasteiger partial charge in [-0.3, -0.25) is 9.10 Å². The van der Waals surface area contributed by atoms with Crippen LogP contribution < -0.4 is 28.6 Å². The molecule has 10 heteroatoms. The second-order valence-electron chi connectivity index (χ2n) is 6.02. The van der Waals surface area contributed by atoms with E-state index in [0.717, 1.165) is 4.31 Å². The summed E-state index contributed by atoms with van der Waals surface area (Å²) < 4.78 is 49.1. The predicted octanol–water partition coefficient (Wildman–Crippen LogP) is 2.05. The van der Waals surface area contributed by atoms with Crippen molar-refractivity contribution in [2.75, 3.05) is 45.8 Å². The first-order valence-electron chi connectivity index (χ1n) is 9.05. The van der Waals surface area contributed by atoms with Crippen LogP contribution in [0, 0.1) is 0 Å². The summed E-state index contributed by atoms with van der Waals surface area (Å²) in [6, 6.07) is 8.91. The fourth-order valence-corrected chi connectivity index (χ4v) is 4.22. The van der Waals surface area contributed by atoms with E-state index >= 15 is 0 Å². The fourth-order valence-electron chi connectivity index (χ4n) is 2.78. The number of nitrogens with one attached hydrogen (secondary N) is 1. The van der Waals surface area contributed by atoms with Gasteiger partial charge in [-0.1, -0.05) is 0 Å². The zero-order valence-electron chi connectivity index (χ0n) is 17.6. The van der Waals surface area contributed by atoms with Gasteiger partial charge in [0.2, 0.25) is 5.91 Å². The molecule has 2 aromatic carbocycles. The zero-order valence-corrected chi connectivity index (χ0v) is 18.4. The minimum Gasteiger partial charge on any atom is -0.497 e. The van der Waals surface area contributed by atoms with E-state index in [-0.39, 0.29) is 22.1 Å². The van der Waals surface area contributed by atoms with Gasteiger partial charge in [0.25, 0.3) is 10.0 Å². The number of hydrogen-bond donors (Lipinski definition) is 1. The molecule has 30 heavy (non-hydrogen) atoms. The standard InChI is InChI=1S/C20H26N2O7S/c1-6-21-20(23)13-22(16-11-14(26-2)7-9-17(16)27-3)30(24,25)15-8-10-18(28-4)19(12-15)29-5/h7-12H,6,13H2,1-5H3,(H,21,23). The molecule has 1 amide bonds. The number of anilines is 1. The van der Waals surface area contributed by atoms with E-state index in [1.807, 2.05) is 0 Å². The first-order valence-corrected chi connectivity index (χ1v) is 10.5. The fraction of sp³-hybridized carbons (Fsp3) is 0.350. The molecule has 0 heterocycles. The van der Waals surface area contributed by atoms with Crippen LogP contribution >= 0.6 is 0 Å². The number of hydrogen-bond acceptors (Lipinski definition) is 7. The summed E-state index contributed by atoms with van der Waals surface area (Å²) in [4.78, 5) is 12.3. The molecule has 0 unspecified atom stereocenters. The average molecular weight is 439 g/mol. The summed E-state index contributed by atoms with van der Waals surface area (Å²) in [5, 5.41) is 2.61. The lowest BCUT2D eigenvalue weighted by molar-refractivity contribution is -0.119. The second kappa shape index (κ2) is 10.1. The van der Waals surface area contributed by atoms with E-state index in [1.54, 1.807) is 19.1 Å². The van der Waals surface area contributed by atoms with Crippen LogP contribution in [0.5, 0.6) is 23.0 Å². The van der Waals surface area contributed by atoms with Crippen LogP contribution in [0.4, 0.5) is 5.69 Å². The number of sulfonamides is 1. The van der Waals surface area contributed by atoms with Crippen molar-refractivity contribution in [3.63, 3.8) is 0 Å². The van der Waals surface area contributed by atoms with Gasteiger partial charge in [-0.25, -0.2) is 8.42 Å².